The number of carbonyl (C=O) groups is 1. The van der Waals surface area contributed by atoms with E-state index in [4.69, 9.17) is 0 Å². The van der Waals surface area contributed by atoms with Gasteiger partial charge in [0.25, 0.3) is 0 Å². The van der Waals surface area contributed by atoms with Crippen LogP contribution >= 0.6 is 0 Å². The van der Waals surface area contributed by atoms with Crippen molar-refractivity contribution in [2.45, 2.75) is 60.3 Å². The molecule has 20 heavy (non-hydrogen) atoms. The highest BCUT2D eigenvalue weighted by Gasteiger charge is 2.28. The summed E-state index contributed by atoms with van der Waals surface area (Å²) in [5.41, 5.74) is 1.41. The number of halogens is 1. The van der Waals surface area contributed by atoms with Crippen molar-refractivity contribution in [1.82, 2.24) is 0 Å². The van der Waals surface area contributed by atoms with Crippen LogP contribution in [0.3, 0.4) is 0 Å². The van der Waals surface area contributed by atoms with E-state index in [1.807, 2.05) is 32.9 Å². The van der Waals surface area contributed by atoms with Crippen LogP contribution in [0.2, 0.25) is 0 Å². The summed E-state index contributed by atoms with van der Waals surface area (Å²) in [7, 11) is 0. The van der Waals surface area contributed by atoms with Gasteiger partial charge in [-0.1, -0.05) is 53.2 Å². The van der Waals surface area contributed by atoms with E-state index < -0.39 is 0 Å². The molecular weight excluding hydrogens is 251 g/mol. The Labute approximate surface area is 122 Å². The summed E-state index contributed by atoms with van der Waals surface area (Å²) >= 11 is 0. The zero-order valence-electron chi connectivity index (χ0n) is 13.6. The fourth-order valence-electron chi connectivity index (χ4n) is 2.34. The second kappa shape index (κ2) is 6.51. The van der Waals surface area contributed by atoms with Crippen LogP contribution in [0.15, 0.2) is 18.2 Å². The molecule has 1 aromatic rings. The lowest BCUT2D eigenvalue weighted by molar-refractivity contribution is -0.126. The van der Waals surface area contributed by atoms with E-state index >= 15 is 0 Å². The van der Waals surface area contributed by atoms with Crippen LogP contribution in [-0.4, -0.2) is 5.78 Å². The molecule has 0 aliphatic carbocycles. The van der Waals surface area contributed by atoms with E-state index in [1.165, 1.54) is 6.07 Å². The molecule has 0 N–H and O–H groups in total. The Hall–Kier alpha value is -1.18. The molecule has 0 aromatic heterocycles. The van der Waals surface area contributed by atoms with Gasteiger partial charge in [0.2, 0.25) is 0 Å². The van der Waals surface area contributed by atoms with Gasteiger partial charge >= 0.3 is 0 Å². The summed E-state index contributed by atoms with van der Waals surface area (Å²) in [5.74, 6) is 0.667. The molecule has 0 bridgehead atoms. The fourth-order valence-corrected chi connectivity index (χ4v) is 2.34. The number of hydrogen-bond acceptors (Lipinski definition) is 1. The van der Waals surface area contributed by atoms with Crippen LogP contribution in [0.5, 0.6) is 0 Å². The molecular formula is C18H27FO. The lowest BCUT2D eigenvalue weighted by Crippen LogP contribution is -2.24. The number of Topliss-reactive ketones (excluding diaryl/α,β-unsaturated/α-hetero) is 1. The molecule has 0 fully saturated rings. The zero-order valence-corrected chi connectivity index (χ0v) is 13.6. The quantitative estimate of drug-likeness (QED) is 0.717. The molecule has 0 amide bonds. The minimum absolute atomic E-state index is 0.172. The third-order valence-electron chi connectivity index (χ3n) is 4.18. The molecule has 0 heterocycles. The monoisotopic (exact) mass is 278 g/mol. The van der Waals surface area contributed by atoms with E-state index in [-0.39, 0.29) is 22.9 Å². The molecule has 2 unspecified atom stereocenters. The third kappa shape index (κ3) is 4.16. The molecule has 0 radical (unpaired) electrons. The Morgan fingerprint density at radius 3 is 2.35 bits per heavy atom. The molecule has 112 valence electrons. The molecule has 2 atom stereocenters. The number of hydrogen-bond donors (Lipinski definition) is 0. The first-order chi connectivity index (χ1) is 9.16. The standard InChI is InChI=1S/C18H27FO/c1-7-12(2)15(11-17(20)18(4,5)6)14-8-9-16(19)13(3)10-14/h8-10,12,15H,7,11H2,1-6H3. The van der Waals surface area contributed by atoms with Crippen molar-refractivity contribution in [3.8, 4) is 0 Å². The largest absolute Gasteiger partial charge is 0.299 e. The Bertz CT molecular complexity index is 471. The minimum atomic E-state index is -0.319. The van der Waals surface area contributed by atoms with Gasteiger partial charge in [-0.2, -0.15) is 0 Å². The molecule has 2 heteroatoms. The average molecular weight is 278 g/mol. The predicted molar refractivity (Wildman–Crippen MR) is 82.4 cm³/mol. The second-order valence-corrected chi connectivity index (χ2v) is 6.88. The van der Waals surface area contributed by atoms with Gasteiger partial charge in [0.15, 0.2) is 0 Å². The van der Waals surface area contributed by atoms with Crippen molar-refractivity contribution in [1.29, 1.82) is 0 Å². The Morgan fingerprint density at radius 2 is 1.90 bits per heavy atom. The lowest BCUT2D eigenvalue weighted by Gasteiger charge is -2.27. The van der Waals surface area contributed by atoms with Crippen molar-refractivity contribution < 1.29 is 9.18 Å². The van der Waals surface area contributed by atoms with Crippen LogP contribution in [0.25, 0.3) is 0 Å². The van der Waals surface area contributed by atoms with E-state index in [0.29, 0.717) is 17.9 Å². The van der Waals surface area contributed by atoms with E-state index in [2.05, 4.69) is 13.8 Å². The normalized spacial score (nSPS) is 14.9. The second-order valence-electron chi connectivity index (χ2n) is 6.88. The van der Waals surface area contributed by atoms with Crippen LogP contribution in [0.4, 0.5) is 4.39 Å². The van der Waals surface area contributed by atoms with E-state index in [0.717, 1.165) is 12.0 Å². The molecule has 0 saturated carbocycles. The SMILES string of the molecule is CCC(C)C(CC(=O)C(C)(C)C)c1ccc(F)c(C)c1. The summed E-state index contributed by atoms with van der Waals surface area (Å²) in [5, 5.41) is 0. The van der Waals surface area contributed by atoms with Gasteiger partial charge in [-0.25, -0.2) is 4.39 Å². The summed E-state index contributed by atoms with van der Waals surface area (Å²) in [4.78, 5) is 12.3. The van der Waals surface area contributed by atoms with Crippen molar-refractivity contribution in [2.24, 2.45) is 11.3 Å². The van der Waals surface area contributed by atoms with Crippen LogP contribution in [0, 0.1) is 24.1 Å². The van der Waals surface area contributed by atoms with E-state index in [9.17, 15) is 9.18 Å². The Balaban J connectivity index is 3.06. The molecule has 0 aliphatic heterocycles. The minimum Gasteiger partial charge on any atom is -0.299 e. The van der Waals surface area contributed by atoms with Gasteiger partial charge in [0.05, 0.1) is 0 Å². The first kappa shape index (κ1) is 16.9. The molecule has 1 nitrogen and oxygen atoms in total. The fraction of sp³-hybridized carbons (Fsp3) is 0.611. The maximum atomic E-state index is 13.4. The van der Waals surface area contributed by atoms with E-state index in [1.54, 1.807) is 6.92 Å². The number of ketones is 1. The number of carbonyl (C=O) groups excluding carboxylic acids is 1. The zero-order chi connectivity index (χ0) is 15.5. The molecule has 1 aromatic carbocycles. The highest BCUT2D eigenvalue weighted by molar-refractivity contribution is 5.84. The first-order valence-corrected chi connectivity index (χ1v) is 7.46. The topological polar surface area (TPSA) is 17.1 Å². The summed E-state index contributed by atoms with van der Waals surface area (Å²) in [6.07, 6.45) is 1.54. The Kier molecular flexibility index (Phi) is 5.50. The highest BCUT2D eigenvalue weighted by Crippen LogP contribution is 2.34. The van der Waals surface area contributed by atoms with Crippen molar-refractivity contribution in [3.63, 3.8) is 0 Å². The maximum Gasteiger partial charge on any atom is 0.138 e. The van der Waals surface area contributed by atoms with Gasteiger partial charge in [-0.15, -0.1) is 0 Å². The number of rotatable bonds is 5. The van der Waals surface area contributed by atoms with Gasteiger partial charge in [-0.05, 0) is 36.0 Å². The smallest absolute Gasteiger partial charge is 0.138 e. The average Bonchev–Trinajstić information content (AvgIpc) is 2.37. The van der Waals surface area contributed by atoms with Crippen LogP contribution in [0.1, 0.15) is 64.5 Å². The number of aryl methyl sites for hydroxylation is 1. The van der Waals surface area contributed by atoms with Gasteiger partial charge in [0, 0.05) is 11.8 Å². The third-order valence-corrected chi connectivity index (χ3v) is 4.18. The van der Waals surface area contributed by atoms with Crippen LogP contribution < -0.4 is 0 Å². The first-order valence-electron chi connectivity index (χ1n) is 7.46. The van der Waals surface area contributed by atoms with Gasteiger partial charge in [0.1, 0.15) is 11.6 Å². The molecule has 0 saturated heterocycles. The molecule has 0 aliphatic rings. The van der Waals surface area contributed by atoms with Crippen LogP contribution in [-0.2, 0) is 4.79 Å². The molecule has 1 rings (SSSR count). The molecule has 0 spiro atoms. The Morgan fingerprint density at radius 1 is 1.30 bits per heavy atom. The van der Waals surface area contributed by atoms with Crippen molar-refractivity contribution in [3.05, 3.63) is 35.1 Å². The van der Waals surface area contributed by atoms with Gasteiger partial charge < -0.3 is 0 Å². The van der Waals surface area contributed by atoms with Gasteiger partial charge in [-0.3, -0.25) is 4.79 Å². The summed E-state index contributed by atoms with van der Waals surface area (Å²) in [6, 6.07) is 5.23. The lowest BCUT2D eigenvalue weighted by atomic mass is 9.77. The van der Waals surface area contributed by atoms with Crippen molar-refractivity contribution in [2.75, 3.05) is 0 Å². The van der Waals surface area contributed by atoms with Crippen molar-refractivity contribution >= 4 is 5.78 Å². The maximum absolute atomic E-state index is 13.4. The number of benzene rings is 1. The summed E-state index contributed by atoms with van der Waals surface area (Å²) < 4.78 is 13.4. The highest BCUT2D eigenvalue weighted by atomic mass is 19.1. The predicted octanol–water partition coefficient (Wildman–Crippen LogP) is 5.27. The summed E-state index contributed by atoms with van der Waals surface area (Å²) in [6.45, 7) is 11.9.